The highest BCUT2D eigenvalue weighted by Crippen LogP contribution is 2.02. The Labute approximate surface area is 88.6 Å². The molecule has 15 heavy (non-hydrogen) atoms. The molecule has 0 saturated carbocycles. The van der Waals surface area contributed by atoms with Crippen LogP contribution in [0.3, 0.4) is 0 Å². The number of primary amides is 1. The summed E-state index contributed by atoms with van der Waals surface area (Å²) in [6.45, 7) is 2.96. The van der Waals surface area contributed by atoms with Crippen molar-refractivity contribution in [1.29, 1.82) is 0 Å². The molecule has 0 aliphatic rings. The zero-order valence-corrected chi connectivity index (χ0v) is 8.64. The molecule has 1 unspecified atom stereocenters. The molecule has 1 heterocycles. The topological polar surface area (TPSA) is 77.2 Å². The molecule has 0 aromatic carbocycles. The van der Waals surface area contributed by atoms with Crippen LogP contribution in [-0.2, 0) is 4.74 Å². The van der Waals surface area contributed by atoms with E-state index in [2.05, 4.69) is 15.0 Å². The van der Waals surface area contributed by atoms with E-state index in [9.17, 15) is 4.79 Å². The molecule has 1 rings (SSSR count). The molecule has 5 heteroatoms. The minimum absolute atomic E-state index is 0.194. The second-order valence-corrected chi connectivity index (χ2v) is 3.33. The van der Waals surface area contributed by atoms with Gasteiger partial charge in [-0.3, -0.25) is 0 Å². The Morgan fingerprint density at radius 2 is 2.47 bits per heavy atom. The first-order chi connectivity index (χ1) is 7.18. The molecule has 0 aliphatic carbocycles. The Morgan fingerprint density at radius 3 is 3.07 bits per heavy atom. The van der Waals surface area contributed by atoms with Crippen molar-refractivity contribution in [3.63, 3.8) is 0 Å². The number of nitrogens with two attached hydrogens (primary N) is 1. The largest absolute Gasteiger partial charge is 0.449 e. The number of nitrogens with zero attached hydrogens (tertiary/aromatic N) is 1. The van der Waals surface area contributed by atoms with E-state index in [1.807, 2.05) is 25.1 Å². The Balaban J connectivity index is 2.22. The van der Waals surface area contributed by atoms with Gasteiger partial charge in [0.05, 0.1) is 6.61 Å². The average Bonchev–Trinajstić information content (AvgIpc) is 2.25. The van der Waals surface area contributed by atoms with Gasteiger partial charge in [0, 0.05) is 18.7 Å². The first kappa shape index (κ1) is 11.3. The lowest BCUT2D eigenvalue weighted by atomic mass is 10.2. The monoisotopic (exact) mass is 209 g/mol. The maximum Gasteiger partial charge on any atom is 0.404 e. The number of carbonyl (C=O) groups excluding carboxylic acids is 1. The minimum Gasteiger partial charge on any atom is -0.449 e. The predicted molar refractivity (Wildman–Crippen MR) is 57.4 cm³/mol. The molecule has 1 amide bonds. The number of rotatable bonds is 5. The number of amides is 1. The van der Waals surface area contributed by atoms with Crippen LogP contribution in [0.15, 0.2) is 24.4 Å². The molecule has 82 valence electrons. The molecule has 1 aromatic rings. The third-order valence-electron chi connectivity index (χ3n) is 1.81. The van der Waals surface area contributed by atoms with Gasteiger partial charge in [0.15, 0.2) is 0 Å². The number of hydrogen-bond donors (Lipinski definition) is 2. The van der Waals surface area contributed by atoms with Crippen LogP contribution >= 0.6 is 0 Å². The summed E-state index contributed by atoms with van der Waals surface area (Å²) >= 11 is 0. The van der Waals surface area contributed by atoms with E-state index < -0.39 is 6.09 Å². The number of hydrogen-bond acceptors (Lipinski definition) is 4. The fourth-order valence-electron chi connectivity index (χ4n) is 1.03. The Kier molecular flexibility index (Phi) is 4.40. The molecule has 0 spiro atoms. The van der Waals surface area contributed by atoms with Crippen molar-refractivity contribution < 1.29 is 9.53 Å². The van der Waals surface area contributed by atoms with E-state index >= 15 is 0 Å². The van der Waals surface area contributed by atoms with Crippen molar-refractivity contribution in [1.82, 2.24) is 4.98 Å². The standard InChI is InChI=1S/C10H15N3O2/c1-8(7-15-10(11)14)6-13-9-4-2-3-5-12-9/h2-5,8H,6-7H2,1H3,(H2,11,14)(H,12,13). The minimum atomic E-state index is -0.736. The highest BCUT2D eigenvalue weighted by Gasteiger charge is 2.04. The average molecular weight is 209 g/mol. The summed E-state index contributed by atoms with van der Waals surface area (Å²) < 4.78 is 4.67. The number of ether oxygens (including phenoxy) is 1. The van der Waals surface area contributed by atoms with Gasteiger partial charge in [0.2, 0.25) is 0 Å². The zero-order valence-electron chi connectivity index (χ0n) is 8.64. The quantitative estimate of drug-likeness (QED) is 0.764. The summed E-state index contributed by atoms with van der Waals surface area (Å²) in [6, 6.07) is 5.63. The van der Waals surface area contributed by atoms with E-state index in [0.29, 0.717) is 13.2 Å². The lowest BCUT2D eigenvalue weighted by Crippen LogP contribution is -2.22. The Bertz CT molecular complexity index is 303. The summed E-state index contributed by atoms with van der Waals surface area (Å²) in [4.78, 5) is 14.4. The van der Waals surface area contributed by atoms with Gasteiger partial charge in [-0.05, 0) is 12.1 Å². The summed E-state index contributed by atoms with van der Waals surface area (Å²) in [6.07, 6.45) is 0.979. The third-order valence-corrected chi connectivity index (χ3v) is 1.81. The SMILES string of the molecule is CC(CNc1ccccn1)COC(N)=O. The molecule has 0 fully saturated rings. The van der Waals surface area contributed by atoms with Crippen LogP contribution in [0.1, 0.15) is 6.92 Å². The van der Waals surface area contributed by atoms with Crippen LogP contribution in [0.5, 0.6) is 0 Å². The molecular formula is C10H15N3O2. The summed E-state index contributed by atoms with van der Waals surface area (Å²) in [5.41, 5.74) is 4.85. The first-order valence-corrected chi connectivity index (χ1v) is 4.75. The fourth-order valence-corrected chi connectivity index (χ4v) is 1.03. The zero-order chi connectivity index (χ0) is 11.1. The molecule has 5 nitrogen and oxygen atoms in total. The number of nitrogens with one attached hydrogen (secondary N) is 1. The predicted octanol–water partition coefficient (Wildman–Crippen LogP) is 1.22. The van der Waals surface area contributed by atoms with Crippen molar-refractivity contribution in [2.24, 2.45) is 11.7 Å². The lowest BCUT2D eigenvalue weighted by Gasteiger charge is -2.12. The molecule has 0 bridgehead atoms. The summed E-state index contributed by atoms with van der Waals surface area (Å²) in [7, 11) is 0. The second-order valence-electron chi connectivity index (χ2n) is 3.33. The lowest BCUT2D eigenvalue weighted by molar-refractivity contribution is 0.142. The van der Waals surface area contributed by atoms with Gasteiger partial charge in [-0.1, -0.05) is 13.0 Å². The number of aromatic nitrogens is 1. The molecule has 0 saturated heterocycles. The Morgan fingerprint density at radius 1 is 1.67 bits per heavy atom. The second kappa shape index (κ2) is 5.85. The van der Waals surface area contributed by atoms with Crippen molar-refractivity contribution in [3.05, 3.63) is 24.4 Å². The molecule has 1 atom stereocenters. The highest BCUT2D eigenvalue weighted by molar-refractivity contribution is 5.64. The van der Waals surface area contributed by atoms with Crippen LogP contribution in [0.2, 0.25) is 0 Å². The van der Waals surface area contributed by atoms with Crippen LogP contribution < -0.4 is 11.1 Å². The van der Waals surface area contributed by atoms with Crippen molar-refractivity contribution in [3.8, 4) is 0 Å². The van der Waals surface area contributed by atoms with E-state index in [4.69, 9.17) is 5.73 Å². The van der Waals surface area contributed by atoms with E-state index in [0.717, 1.165) is 5.82 Å². The van der Waals surface area contributed by atoms with Gasteiger partial charge in [-0.25, -0.2) is 9.78 Å². The van der Waals surface area contributed by atoms with Crippen LogP contribution in [-0.4, -0.2) is 24.2 Å². The molecule has 1 aromatic heterocycles. The number of pyridine rings is 1. The van der Waals surface area contributed by atoms with Gasteiger partial charge < -0.3 is 15.8 Å². The first-order valence-electron chi connectivity index (χ1n) is 4.75. The maximum absolute atomic E-state index is 10.3. The molecular weight excluding hydrogens is 194 g/mol. The van der Waals surface area contributed by atoms with Gasteiger partial charge >= 0.3 is 6.09 Å². The van der Waals surface area contributed by atoms with Crippen LogP contribution in [0.4, 0.5) is 10.6 Å². The number of anilines is 1. The van der Waals surface area contributed by atoms with E-state index in [1.165, 1.54) is 0 Å². The van der Waals surface area contributed by atoms with Crippen LogP contribution in [0.25, 0.3) is 0 Å². The van der Waals surface area contributed by atoms with E-state index in [1.54, 1.807) is 6.20 Å². The highest BCUT2D eigenvalue weighted by atomic mass is 16.5. The number of carbonyl (C=O) groups is 1. The summed E-state index contributed by atoms with van der Waals surface area (Å²) in [5.74, 6) is 1.00. The van der Waals surface area contributed by atoms with Crippen molar-refractivity contribution in [2.45, 2.75) is 6.92 Å². The third kappa shape index (κ3) is 4.85. The van der Waals surface area contributed by atoms with Crippen LogP contribution in [0, 0.1) is 5.92 Å². The summed E-state index contributed by atoms with van der Waals surface area (Å²) in [5, 5.41) is 3.12. The molecule has 0 radical (unpaired) electrons. The van der Waals surface area contributed by atoms with E-state index in [-0.39, 0.29) is 5.92 Å². The molecule has 0 aliphatic heterocycles. The maximum atomic E-state index is 10.3. The van der Waals surface area contributed by atoms with Gasteiger partial charge in [-0.2, -0.15) is 0 Å². The van der Waals surface area contributed by atoms with Gasteiger partial charge in [-0.15, -0.1) is 0 Å². The van der Waals surface area contributed by atoms with Crippen molar-refractivity contribution in [2.75, 3.05) is 18.5 Å². The van der Waals surface area contributed by atoms with Gasteiger partial charge in [0.1, 0.15) is 5.82 Å². The van der Waals surface area contributed by atoms with Gasteiger partial charge in [0.25, 0.3) is 0 Å². The smallest absolute Gasteiger partial charge is 0.404 e. The molecule has 3 N–H and O–H groups in total. The Hall–Kier alpha value is -1.78. The van der Waals surface area contributed by atoms with Crippen molar-refractivity contribution >= 4 is 11.9 Å². The normalized spacial score (nSPS) is 11.8. The fraction of sp³-hybridized carbons (Fsp3) is 0.400.